The Bertz CT molecular complexity index is 498. The number of thiophene rings is 1. The predicted octanol–water partition coefficient (Wildman–Crippen LogP) is 4.44. The van der Waals surface area contributed by atoms with Crippen LogP contribution in [-0.2, 0) is 0 Å². The molecule has 0 aliphatic carbocycles. The van der Waals surface area contributed by atoms with Crippen LogP contribution < -0.4 is 5.32 Å². The highest BCUT2D eigenvalue weighted by atomic mass is 79.9. The molecule has 1 unspecified atom stereocenters. The fourth-order valence-electron chi connectivity index (χ4n) is 2.18. The van der Waals surface area contributed by atoms with Crippen molar-refractivity contribution < 1.29 is 0 Å². The van der Waals surface area contributed by atoms with Crippen molar-refractivity contribution in [3.05, 3.63) is 55.7 Å². The van der Waals surface area contributed by atoms with Crippen LogP contribution in [0.2, 0.25) is 0 Å². The summed E-state index contributed by atoms with van der Waals surface area (Å²) >= 11 is 5.25. The van der Waals surface area contributed by atoms with Gasteiger partial charge in [0.2, 0.25) is 0 Å². The van der Waals surface area contributed by atoms with Crippen LogP contribution in [0.1, 0.15) is 28.3 Å². The van der Waals surface area contributed by atoms with Crippen molar-refractivity contribution in [2.24, 2.45) is 0 Å². The largest absolute Gasteiger partial charge is 0.309 e. The Labute approximate surface area is 115 Å². The summed E-state index contributed by atoms with van der Waals surface area (Å²) < 4.78 is 1.18. The van der Waals surface area contributed by atoms with Gasteiger partial charge in [0.25, 0.3) is 0 Å². The predicted molar refractivity (Wildman–Crippen MR) is 78.8 cm³/mol. The summed E-state index contributed by atoms with van der Waals surface area (Å²) in [5, 5.41) is 5.59. The van der Waals surface area contributed by atoms with Crippen molar-refractivity contribution in [1.29, 1.82) is 0 Å². The van der Waals surface area contributed by atoms with Gasteiger partial charge >= 0.3 is 0 Å². The zero-order valence-corrected chi connectivity index (χ0v) is 12.7. The highest BCUT2D eigenvalue weighted by Gasteiger charge is 2.13. The molecule has 1 aromatic carbocycles. The van der Waals surface area contributed by atoms with E-state index in [2.05, 4.69) is 64.7 Å². The molecule has 0 aliphatic rings. The number of benzene rings is 1. The average Bonchev–Trinajstić information content (AvgIpc) is 2.64. The minimum atomic E-state index is 0.274. The molecule has 0 aliphatic heterocycles. The lowest BCUT2D eigenvalue weighted by atomic mass is 9.98. The van der Waals surface area contributed by atoms with Gasteiger partial charge in [-0.3, -0.25) is 0 Å². The van der Waals surface area contributed by atoms with Gasteiger partial charge in [0.05, 0.1) is 9.83 Å². The number of hydrogen-bond acceptors (Lipinski definition) is 2. The minimum absolute atomic E-state index is 0.274. The number of halogens is 1. The van der Waals surface area contributed by atoms with Crippen molar-refractivity contribution >= 4 is 27.3 Å². The molecule has 1 nitrogen and oxygen atoms in total. The molecule has 0 radical (unpaired) electrons. The smallest absolute Gasteiger partial charge is 0.0701 e. The molecule has 1 heterocycles. The maximum Gasteiger partial charge on any atom is 0.0701 e. The third-order valence-corrected chi connectivity index (χ3v) is 4.31. The lowest BCUT2D eigenvalue weighted by molar-refractivity contribution is 0.693. The maximum absolute atomic E-state index is 3.52. The van der Waals surface area contributed by atoms with E-state index in [4.69, 9.17) is 0 Å². The van der Waals surface area contributed by atoms with Gasteiger partial charge in [0, 0.05) is 0 Å². The second-order valence-electron chi connectivity index (χ2n) is 4.33. The van der Waals surface area contributed by atoms with E-state index in [1.54, 1.807) is 11.3 Å². The Hall–Kier alpha value is -0.640. The van der Waals surface area contributed by atoms with Crippen LogP contribution in [-0.4, -0.2) is 7.05 Å². The van der Waals surface area contributed by atoms with E-state index in [-0.39, 0.29) is 6.04 Å². The van der Waals surface area contributed by atoms with Gasteiger partial charge in [-0.25, -0.2) is 0 Å². The van der Waals surface area contributed by atoms with Crippen molar-refractivity contribution in [2.45, 2.75) is 19.9 Å². The Morgan fingerprint density at radius 2 is 1.71 bits per heavy atom. The lowest BCUT2D eigenvalue weighted by Gasteiger charge is -2.17. The van der Waals surface area contributed by atoms with Crippen LogP contribution in [0.15, 0.2) is 33.4 Å². The second-order valence-corrected chi connectivity index (χ2v) is 6.62. The fourth-order valence-corrected chi connectivity index (χ4v) is 3.38. The molecule has 1 aromatic heterocycles. The molecule has 2 rings (SSSR count). The number of rotatable bonds is 3. The summed E-state index contributed by atoms with van der Waals surface area (Å²) in [7, 11) is 2.01. The topological polar surface area (TPSA) is 12.0 Å². The minimum Gasteiger partial charge on any atom is -0.309 e. The van der Waals surface area contributed by atoms with Gasteiger partial charge in [-0.1, -0.05) is 29.3 Å². The highest BCUT2D eigenvalue weighted by Crippen LogP contribution is 2.29. The van der Waals surface area contributed by atoms with E-state index in [0.717, 1.165) is 0 Å². The van der Waals surface area contributed by atoms with E-state index in [1.807, 2.05) is 7.05 Å². The van der Waals surface area contributed by atoms with Gasteiger partial charge in [-0.05, 0) is 59.4 Å². The molecule has 0 bridgehead atoms. The van der Waals surface area contributed by atoms with Crippen molar-refractivity contribution in [3.8, 4) is 0 Å². The van der Waals surface area contributed by atoms with E-state index >= 15 is 0 Å². The van der Waals surface area contributed by atoms with E-state index in [9.17, 15) is 0 Å². The van der Waals surface area contributed by atoms with Crippen LogP contribution in [0, 0.1) is 13.8 Å². The van der Waals surface area contributed by atoms with E-state index in [1.165, 1.54) is 26.0 Å². The first-order valence-electron chi connectivity index (χ1n) is 5.59. The highest BCUT2D eigenvalue weighted by molar-refractivity contribution is 9.11. The van der Waals surface area contributed by atoms with Crippen molar-refractivity contribution in [1.82, 2.24) is 5.32 Å². The molecule has 1 atom stereocenters. The van der Waals surface area contributed by atoms with Crippen LogP contribution in [0.25, 0.3) is 0 Å². The van der Waals surface area contributed by atoms with Gasteiger partial charge in [0.1, 0.15) is 0 Å². The molecule has 2 aromatic rings. The lowest BCUT2D eigenvalue weighted by Crippen LogP contribution is -2.17. The molecule has 3 heteroatoms. The van der Waals surface area contributed by atoms with E-state index in [0.29, 0.717) is 0 Å². The summed E-state index contributed by atoms with van der Waals surface area (Å²) in [5.74, 6) is 0. The molecular formula is C14H16BrNS. The molecular weight excluding hydrogens is 294 g/mol. The number of nitrogens with one attached hydrogen (secondary N) is 1. The summed E-state index contributed by atoms with van der Waals surface area (Å²) in [4.78, 5) is 0. The van der Waals surface area contributed by atoms with Crippen LogP contribution in [0.4, 0.5) is 0 Å². The standard InChI is InChI=1S/C14H16BrNS/c1-9-4-10(2)6-11(5-9)14(16-3)12-7-13(15)17-8-12/h4-8,14,16H,1-3H3. The molecule has 17 heavy (non-hydrogen) atoms. The van der Waals surface area contributed by atoms with Gasteiger partial charge in [-0.15, -0.1) is 11.3 Å². The third-order valence-electron chi connectivity index (χ3n) is 2.79. The first-order valence-corrected chi connectivity index (χ1v) is 7.27. The SMILES string of the molecule is CNC(c1cc(C)cc(C)c1)c1csc(Br)c1. The zero-order valence-electron chi connectivity index (χ0n) is 10.3. The second kappa shape index (κ2) is 5.34. The van der Waals surface area contributed by atoms with Gasteiger partial charge in [-0.2, -0.15) is 0 Å². The van der Waals surface area contributed by atoms with Crippen LogP contribution in [0.5, 0.6) is 0 Å². The van der Waals surface area contributed by atoms with Crippen LogP contribution >= 0.6 is 27.3 Å². The number of hydrogen-bond donors (Lipinski definition) is 1. The molecule has 0 fully saturated rings. The third kappa shape index (κ3) is 2.97. The Morgan fingerprint density at radius 3 is 2.18 bits per heavy atom. The Balaban J connectivity index is 2.41. The first-order chi connectivity index (χ1) is 8.10. The van der Waals surface area contributed by atoms with Crippen molar-refractivity contribution in [2.75, 3.05) is 7.05 Å². The summed E-state index contributed by atoms with van der Waals surface area (Å²) in [6.45, 7) is 4.29. The molecule has 0 saturated carbocycles. The first kappa shape index (κ1) is 12.8. The van der Waals surface area contributed by atoms with E-state index < -0.39 is 0 Å². The monoisotopic (exact) mass is 309 g/mol. The van der Waals surface area contributed by atoms with Gasteiger partial charge < -0.3 is 5.32 Å². The average molecular weight is 310 g/mol. The number of aryl methyl sites for hydroxylation is 2. The molecule has 90 valence electrons. The molecule has 1 N–H and O–H groups in total. The van der Waals surface area contributed by atoms with Crippen molar-refractivity contribution in [3.63, 3.8) is 0 Å². The Kier molecular flexibility index (Phi) is 4.02. The molecule has 0 saturated heterocycles. The summed E-state index contributed by atoms with van der Waals surface area (Å²) in [6, 6.07) is 9.17. The van der Waals surface area contributed by atoms with Gasteiger partial charge in [0.15, 0.2) is 0 Å². The molecule has 0 spiro atoms. The van der Waals surface area contributed by atoms with Crippen LogP contribution in [0.3, 0.4) is 0 Å². The fraction of sp³-hybridized carbons (Fsp3) is 0.286. The normalized spacial score (nSPS) is 12.7. The maximum atomic E-state index is 3.52. The molecule has 0 amide bonds. The quantitative estimate of drug-likeness (QED) is 0.884. The Morgan fingerprint density at radius 1 is 1.06 bits per heavy atom. The summed E-state index contributed by atoms with van der Waals surface area (Å²) in [5.41, 5.74) is 5.27. The zero-order chi connectivity index (χ0) is 12.4. The summed E-state index contributed by atoms with van der Waals surface area (Å²) in [6.07, 6.45) is 0.